The highest BCUT2D eigenvalue weighted by atomic mass is 16.2. The standard InChI is InChI=1S/C4H6N6O/c5-10-8-3-2(4(11)9-10)6-1-7-3/h1,6,8H,5H2,(H,9,11)/q+1. The quantitative estimate of drug-likeness (QED) is 0.276. The zero-order valence-electron chi connectivity index (χ0n) is 5.46. The lowest BCUT2D eigenvalue weighted by molar-refractivity contribution is -0.125. The molecule has 5 N–H and O–H groups in total. The normalized spacial score (nSPS) is 22.5. The van der Waals surface area contributed by atoms with Crippen LogP contribution in [0, 0.1) is 0 Å². The first-order valence-corrected chi connectivity index (χ1v) is 2.93. The molecule has 7 heteroatoms. The first kappa shape index (κ1) is 6.13. The Balaban J connectivity index is 2.33. The van der Waals surface area contributed by atoms with Crippen LogP contribution in [0.2, 0.25) is 0 Å². The Bertz CT molecular complexity index is 268. The molecule has 7 nitrogen and oxygen atoms in total. The van der Waals surface area contributed by atoms with Crippen molar-refractivity contribution in [2.45, 2.75) is 0 Å². The molecule has 0 aliphatic carbocycles. The maximum absolute atomic E-state index is 11.0. The van der Waals surface area contributed by atoms with E-state index in [0.29, 0.717) is 11.5 Å². The molecule has 0 saturated carbocycles. The number of aliphatic imine (C=N–C) groups is 1. The third-order valence-electron chi connectivity index (χ3n) is 1.31. The Kier molecular flexibility index (Phi) is 1.08. The maximum Gasteiger partial charge on any atom is 0.321 e. The Morgan fingerprint density at radius 1 is 1.55 bits per heavy atom. The monoisotopic (exact) mass is 154 g/mol. The molecule has 0 bridgehead atoms. The van der Waals surface area contributed by atoms with Gasteiger partial charge in [0, 0.05) is 0 Å². The third kappa shape index (κ3) is 0.827. The number of nitrogens with two attached hydrogens (primary N) is 1. The first-order chi connectivity index (χ1) is 5.27. The number of amides is 1. The Morgan fingerprint density at radius 3 is 3.18 bits per heavy atom. The lowest BCUT2D eigenvalue weighted by Crippen LogP contribution is -2.59. The van der Waals surface area contributed by atoms with Gasteiger partial charge in [-0.1, -0.05) is 4.99 Å². The second-order valence-corrected chi connectivity index (χ2v) is 2.05. The molecule has 1 amide bonds. The highest BCUT2D eigenvalue weighted by Crippen LogP contribution is 2.01. The second kappa shape index (κ2) is 1.94. The van der Waals surface area contributed by atoms with Crippen molar-refractivity contribution < 1.29 is 4.79 Å². The van der Waals surface area contributed by atoms with Crippen LogP contribution in [0.15, 0.2) is 11.5 Å². The molecule has 0 fully saturated rings. The van der Waals surface area contributed by atoms with Crippen molar-refractivity contribution in [1.82, 2.24) is 26.4 Å². The number of hydrogen-bond acceptors (Lipinski definition) is 6. The summed E-state index contributed by atoms with van der Waals surface area (Å²) < 4.78 is 0. The zero-order valence-corrected chi connectivity index (χ0v) is 5.46. The summed E-state index contributed by atoms with van der Waals surface area (Å²) in [6, 6.07) is 0. The first-order valence-electron chi connectivity index (χ1n) is 2.93. The van der Waals surface area contributed by atoms with Crippen molar-refractivity contribution in [1.29, 1.82) is 0 Å². The Morgan fingerprint density at radius 2 is 2.36 bits per heavy atom. The van der Waals surface area contributed by atoms with Gasteiger partial charge in [0.2, 0.25) is 12.0 Å². The van der Waals surface area contributed by atoms with Gasteiger partial charge in [0.1, 0.15) is 0 Å². The van der Waals surface area contributed by atoms with Gasteiger partial charge in [-0.15, -0.1) is 0 Å². The number of hydrogen-bond donors (Lipinski definition) is 4. The van der Waals surface area contributed by atoms with Gasteiger partial charge in [-0.3, -0.25) is 10.1 Å². The number of hydrazine groups is 3. The average molecular weight is 154 g/mol. The molecule has 2 aliphatic heterocycles. The summed E-state index contributed by atoms with van der Waals surface area (Å²) in [5, 5.41) is 3.61. The fraction of sp³-hybridized carbons (Fsp3) is 0. The second-order valence-electron chi connectivity index (χ2n) is 2.05. The largest absolute Gasteiger partial charge is 0.321 e. The molecule has 0 aromatic rings. The zero-order chi connectivity index (χ0) is 7.84. The molecule has 0 aromatic heterocycles. The van der Waals surface area contributed by atoms with Gasteiger partial charge < -0.3 is 0 Å². The molecule has 2 aliphatic rings. The van der Waals surface area contributed by atoms with E-state index >= 15 is 0 Å². The number of carbonyl (C=O) groups excluding carboxylic acids is 1. The molecule has 0 spiro atoms. The highest BCUT2D eigenvalue weighted by molar-refractivity contribution is 5.97. The van der Waals surface area contributed by atoms with Crippen LogP contribution >= 0.6 is 0 Å². The van der Waals surface area contributed by atoms with Crippen molar-refractivity contribution in [3.63, 3.8) is 0 Å². The molecular weight excluding hydrogens is 148 g/mol. The summed E-state index contributed by atoms with van der Waals surface area (Å²) in [7, 11) is 0. The minimum absolute atomic E-state index is 0.307. The van der Waals surface area contributed by atoms with Gasteiger partial charge in [-0.25, -0.2) is 11.3 Å². The van der Waals surface area contributed by atoms with Crippen molar-refractivity contribution >= 4 is 12.2 Å². The maximum atomic E-state index is 11.0. The molecule has 0 saturated heterocycles. The summed E-state index contributed by atoms with van der Waals surface area (Å²) in [4.78, 5) is 14.8. The SMILES string of the molecule is NN1NC(=O)C2=C([N+]=CN2)N1. The van der Waals surface area contributed by atoms with Crippen LogP contribution in [0.1, 0.15) is 0 Å². The van der Waals surface area contributed by atoms with Crippen LogP contribution in [-0.2, 0) is 4.79 Å². The van der Waals surface area contributed by atoms with Gasteiger partial charge in [-0.05, 0) is 5.23 Å². The van der Waals surface area contributed by atoms with Crippen LogP contribution in [0.25, 0.3) is 0 Å². The number of nitrogens with one attached hydrogen (secondary N) is 3. The fourth-order valence-electron chi connectivity index (χ4n) is 0.859. The summed E-state index contributed by atoms with van der Waals surface area (Å²) in [5.74, 6) is 5.36. The van der Waals surface area contributed by atoms with E-state index in [9.17, 15) is 4.79 Å². The van der Waals surface area contributed by atoms with Gasteiger partial charge in [0.15, 0.2) is 0 Å². The fourth-order valence-corrected chi connectivity index (χ4v) is 0.859. The van der Waals surface area contributed by atoms with E-state index < -0.39 is 0 Å². The predicted molar refractivity (Wildman–Crippen MR) is 35.7 cm³/mol. The molecular formula is C4H6N6O+. The van der Waals surface area contributed by atoms with Crippen LogP contribution in [0.3, 0.4) is 0 Å². The van der Waals surface area contributed by atoms with Crippen LogP contribution < -0.4 is 27.0 Å². The van der Waals surface area contributed by atoms with E-state index in [1.165, 1.54) is 6.34 Å². The van der Waals surface area contributed by atoms with Crippen LogP contribution in [-0.4, -0.2) is 17.5 Å². The molecule has 11 heavy (non-hydrogen) atoms. The van der Waals surface area contributed by atoms with E-state index in [4.69, 9.17) is 5.84 Å². The van der Waals surface area contributed by atoms with Crippen molar-refractivity contribution in [2.24, 2.45) is 5.84 Å². The minimum atomic E-state index is -0.307. The summed E-state index contributed by atoms with van der Waals surface area (Å²) in [6.07, 6.45) is 1.41. The number of carbonyl (C=O) groups is 1. The molecule has 1 radical (unpaired) electrons. The smallest absolute Gasteiger partial charge is 0.267 e. The summed E-state index contributed by atoms with van der Waals surface area (Å²) in [5.41, 5.74) is 5.30. The van der Waals surface area contributed by atoms with Crippen LogP contribution in [0.4, 0.5) is 0 Å². The Hall–Kier alpha value is -1.60. The predicted octanol–water partition coefficient (Wildman–Crippen LogP) is -3.15. The van der Waals surface area contributed by atoms with Crippen molar-refractivity contribution in [3.05, 3.63) is 11.5 Å². The van der Waals surface area contributed by atoms with E-state index in [0.717, 1.165) is 5.23 Å². The third-order valence-corrected chi connectivity index (χ3v) is 1.31. The molecule has 0 atom stereocenters. The lowest BCUT2D eigenvalue weighted by atomic mass is 10.4. The van der Waals surface area contributed by atoms with Crippen molar-refractivity contribution in [2.75, 3.05) is 0 Å². The topological polar surface area (TPSA) is 96.5 Å². The number of nitrogens with zero attached hydrogens (tertiary/aromatic N) is 2. The van der Waals surface area contributed by atoms with Crippen molar-refractivity contribution in [3.8, 4) is 0 Å². The molecule has 0 aromatic carbocycles. The molecule has 2 rings (SSSR count). The highest BCUT2D eigenvalue weighted by Gasteiger charge is 2.32. The molecule has 0 unspecified atom stereocenters. The van der Waals surface area contributed by atoms with Gasteiger partial charge in [0.25, 0.3) is 0 Å². The molecule has 2 heterocycles. The lowest BCUT2D eigenvalue weighted by Gasteiger charge is -2.17. The van der Waals surface area contributed by atoms with E-state index in [-0.39, 0.29) is 5.91 Å². The van der Waals surface area contributed by atoms with E-state index in [1.54, 1.807) is 0 Å². The molecule has 57 valence electrons. The van der Waals surface area contributed by atoms with Gasteiger partial charge >= 0.3 is 11.7 Å². The Labute approximate surface area is 61.8 Å². The minimum Gasteiger partial charge on any atom is -0.267 e. The average Bonchev–Trinajstić information content (AvgIpc) is 2.34. The summed E-state index contributed by atoms with van der Waals surface area (Å²) in [6.45, 7) is 0. The van der Waals surface area contributed by atoms with Crippen LogP contribution in [0.5, 0.6) is 0 Å². The van der Waals surface area contributed by atoms with E-state index in [2.05, 4.69) is 21.2 Å². The number of rotatable bonds is 0. The van der Waals surface area contributed by atoms with Gasteiger partial charge in [0.05, 0.1) is 0 Å². The van der Waals surface area contributed by atoms with Gasteiger partial charge in [-0.2, -0.15) is 5.43 Å². The summed E-state index contributed by atoms with van der Waals surface area (Å²) >= 11 is 0. The van der Waals surface area contributed by atoms with E-state index in [1.807, 2.05) is 0 Å².